The smallest absolute Gasteiger partial charge is 0.413 e. The first-order valence-corrected chi connectivity index (χ1v) is 27.3. The highest BCUT2D eigenvalue weighted by Crippen LogP contribution is 2.46. The van der Waals surface area contributed by atoms with Gasteiger partial charge in [0.2, 0.25) is 5.60 Å². The minimum absolute atomic E-state index is 0.0606. The maximum atomic E-state index is 15.0. The molecule has 72 heavy (non-hydrogen) atoms. The maximum absolute atomic E-state index is 15.0. The van der Waals surface area contributed by atoms with Gasteiger partial charge in [-0.3, -0.25) is 19.8 Å². The number of aromatic nitrogens is 3. The Labute approximate surface area is 437 Å². The zero-order valence-corrected chi connectivity index (χ0v) is 43.4. The number of oxime groups is 1. The summed E-state index contributed by atoms with van der Waals surface area (Å²) in [5, 5.41) is 20.9. The van der Waals surface area contributed by atoms with Gasteiger partial charge in [0.1, 0.15) is 33.4 Å². The van der Waals surface area contributed by atoms with E-state index >= 15 is 0 Å². The van der Waals surface area contributed by atoms with Crippen molar-refractivity contribution in [1.82, 2.24) is 25.4 Å². The van der Waals surface area contributed by atoms with Crippen LogP contribution in [-0.2, 0) is 34.3 Å². The van der Waals surface area contributed by atoms with Crippen molar-refractivity contribution in [2.24, 2.45) is 5.16 Å². The number of hydrogen-bond donors (Lipinski definition) is 2. The third-order valence-corrected chi connectivity index (χ3v) is 16.6. The van der Waals surface area contributed by atoms with Gasteiger partial charge in [-0.25, -0.2) is 14.6 Å². The average molecular weight is 1050 g/mol. The highest BCUT2D eigenvalue weighted by molar-refractivity contribution is 8.18. The summed E-state index contributed by atoms with van der Waals surface area (Å²) < 4.78 is 12.6. The first kappa shape index (κ1) is 50.2. The Morgan fingerprint density at radius 3 is 1.88 bits per heavy atom. The van der Waals surface area contributed by atoms with Crippen molar-refractivity contribution in [3.8, 4) is 0 Å². The number of ether oxygens (including phenoxy) is 2. The van der Waals surface area contributed by atoms with Crippen LogP contribution in [0, 0.1) is 6.92 Å². The lowest BCUT2D eigenvalue weighted by atomic mass is 9.80. The van der Waals surface area contributed by atoms with E-state index < -0.39 is 52.6 Å². The number of amides is 3. The fourth-order valence-corrected chi connectivity index (χ4v) is 13.4. The van der Waals surface area contributed by atoms with Crippen LogP contribution in [0.5, 0.6) is 0 Å². The second kappa shape index (κ2) is 22.3. The van der Waals surface area contributed by atoms with E-state index in [4.69, 9.17) is 14.3 Å². The number of thioether (sulfide) groups is 3. The van der Waals surface area contributed by atoms with Gasteiger partial charge in [0, 0.05) is 32.7 Å². The van der Waals surface area contributed by atoms with E-state index in [1.54, 1.807) is 26.2 Å². The van der Waals surface area contributed by atoms with Gasteiger partial charge >= 0.3 is 12.1 Å². The molecule has 7 aromatic rings. The molecule has 2 atom stereocenters. The van der Waals surface area contributed by atoms with E-state index in [-0.39, 0.29) is 22.2 Å². The number of hydrogen-bond acceptors (Lipinski definition) is 16. The average Bonchev–Trinajstić information content (AvgIpc) is 4.04. The molecule has 0 saturated carbocycles. The Morgan fingerprint density at radius 1 is 0.792 bits per heavy atom. The maximum Gasteiger partial charge on any atom is 0.413 e. The largest absolute Gasteiger partial charge is 0.448 e. The molecular weight excluding hydrogens is 1010 g/mol. The lowest BCUT2D eigenvalue weighted by molar-refractivity contribution is -0.154. The van der Waals surface area contributed by atoms with E-state index in [2.05, 4.69) is 31.0 Å². The summed E-state index contributed by atoms with van der Waals surface area (Å²) in [5.41, 5.74) is 1.41. The first-order valence-electron chi connectivity index (χ1n) is 22.6. The first-order chi connectivity index (χ1) is 34.9. The van der Waals surface area contributed by atoms with Crippen molar-refractivity contribution in [3.63, 3.8) is 0 Å². The Kier molecular flexibility index (Phi) is 15.6. The van der Waals surface area contributed by atoms with Crippen LogP contribution in [0.4, 0.5) is 9.93 Å². The predicted octanol–water partition coefficient (Wildman–Crippen LogP) is 10.8. The van der Waals surface area contributed by atoms with Crippen LogP contribution in [-0.4, -0.2) is 77.5 Å². The number of esters is 1. The Morgan fingerprint density at radius 2 is 1.35 bits per heavy atom. The van der Waals surface area contributed by atoms with Crippen LogP contribution in [0.3, 0.4) is 0 Å². The molecule has 0 spiro atoms. The summed E-state index contributed by atoms with van der Waals surface area (Å²) >= 11 is 6.85. The van der Waals surface area contributed by atoms with Crippen molar-refractivity contribution in [3.05, 3.63) is 206 Å². The number of nitrogens with zero attached hydrogens (tertiary/aromatic N) is 5. The third kappa shape index (κ3) is 11.3. The normalized spacial score (nSPS) is 15.9. The Hall–Kier alpha value is -6.77. The van der Waals surface area contributed by atoms with Crippen LogP contribution >= 0.6 is 58.0 Å². The van der Waals surface area contributed by atoms with Gasteiger partial charge in [0.05, 0.1) is 5.08 Å². The highest BCUT2D eigenvalue weighted by Gasteiger charge is 2.55. The van der Waals surface area contributed by atoms with Gasteiger partial charge < -0.3 is 19.6 Å². The molecule has 14 nitrogen and oxygen atoms in total. The lowest BCUT2D eigenvalue weighted by Crippen LogP contribution is -2.71. The number of carbonyl (C=O) groups is 4. The van der Waals surface area contributed by atoms with E-state index in [1.165, 1.54) is 51.5 Å². The van der Waals surface area contributed by atoms with Crippen molar-refractivity contribution in [2.45, 2.75) is 60.8 Å². The third-order valence-electron chi connectivity index (χ3n) is 11.2. The van der Waals surface area contributed by atoms with Crippen molar-refractivity contribution >= 4 is 92.7 Å². The predicted molar refractivity (Wildman–Crippen MR) is 285 cm³/mol. The molecule has 2 aromatic heterocycles. The van der Waals surface area contributed by atoms with Gasteiger partial charge in [-0.05, 0) is 38.8 Å². The molecule has 1 unspecified atom stereocenters. The summed E-state index contributed by atoms with van der Waals surface area (Å²) in [7, 11) is 0. The summed E-state index contributed by atoms with van der Waals surface area (Å²) in [6, 6.07) is 46.3. The molecular formula is C53H47N7O7S5. The molecule has 2 aliphatic rings. The van der Waals surface area contributed by atoms with Crippen LogP contribution in [0.2, 0.25) is 0 Å². The lowest BCUT2D eigenvalue weighted by Gasteiger charge is -2.49. The molecule has 0 aliphatic carbocycles. The van der Waals surface area contributed by atoms with Crippen LogP contribution in [0.25, 0.3) is 0 Å². The zero-order chi connectivity index (χ0) is 50.2. The Bertz CT molecular complexity index is 2960. The number of benzene rings is 5. The SMILES string of the molecule is Cc1nnc(SCSC2=C(C(=O)OC(c3ccccc3)c3ccccc3)N3C(=O)C(NC(=O)C(=NOC(c4ccccc4)(c4ccccc4)c4ccccc4)c4csc(NC(=O)OC(C)(C)C)n4)[C@@H]3SC2)s1. The fraction of sp³-hybridized carbons (Fsp3) is 0.208. The van der Waals surface area contributed by atoms with E-state index in [0.29, 0.717) is 15.7 Å². The number of anilines is 1. The standard InChI is InChI=1S/C53H47N7O7S5/c1-33-57-58-51(72-33)71-32-70-40-31-68-47-42(46(62)60(47)43(40)48(63)65-44(34-20-10-5-11-21-34)35-22-12-6-13-23-35)55-45(61)41(39-30-69-49(54-39)56-50(64)66-52(2,3)4)59-67-53(36-24-14-7-15-25-36,37-26-16-8-17-27-37)38-28-18-9-19-29-38/h5-30,42,44,47H,31-32H2,1-4H3,(H,55,61)(H,54,56,64)/t42?,47-/m0/s1. The van der Waals surface area contributed by atoms with Gasteiger partial charge in [-0.15, -0.1) is 45.1 Å². The van der Waals surface area contributed by atoms with Crippen molar-refractivity contribution in [1.29, 1.82) is 0 Å². The summed E-state index contributed by atoms with van der Waals surface area (Å²) in [6.07, 6.45) is -1.51. The van der Waals surface area contributed by atoms with Gasteiger partial charge in [0.25, 0.3) is 11.8 Å². The second-order valence-electron chi connectivity index (χ2n) is 17.2. The molecule has 1 saturated heterocycles. The summed E-state index contributed by atoms with van der Waals surface area (Å²) in [4.78, 5) is 70.7. The van der Waals surface area contributed by atoms with Gasteiger partial charge in [0.15, 0.2) is 21.3 Å². The number of fused-ring (bicyclic) bond motifs is 1. The number of thiazole rings is 1. The van der Waals surface area contributed by atoms with E-state index in [1.807, 2.05) is 159 Å². The number of β-lactam (4-membered cyclic amide) rings is 1. The Balaban J connectivity index is 1.05. The number of carbonyl (C=O) groups excluding carboxylic acids is 4. The molecule has 2 aliphatic heterocycles. The molecule has 4 heterocycles. The van der Waals surface area contributed by atoms with Gasteiger partial charge in [-0.2, -0.15) is 0 Å². The summed E-state index contributed by atoms with van der Waals surface area (Å²) in [5.74, 6) is -1.64. The number of nitrogens with one attached hydrogen (secondary N) is 2. The van der Waals surface area contributed by atoms with Gasteiger partial charge in [-0.1, -0.05) is 180 Å². The molecule has 1 fully saturated rings. The molecule has 0 radical (unpaired) electrons. The monoisotopic (exact) mass is 1050 g/mol. The fourth-order valence-electron chi connectivity index (χ4n) is 7.96. The van der Waals surface area contributed by atoms with Crippen molar-refractivity contribution < 1.29 is 33.5 Å². The molecule has 0 bridgehead atoms. The molecule has 5 aromatic carbocycles. The summed E-state index contributed by atoms with van der Waals surface area (Å²) in [6.45, 7) is 7.12. The molecule has 9 rings (SSSR count). The minimum atomic E-state index is -1.39. The molecule has 2 N–H and O–H groups in total. The zero-order valence-electron chi connectivity index (χ0n) is 39.3. The molecule has 366 valence electrons. The van der Waals surface area contributed by atoms with E-state index in [9.17, 15) is 19.2 Å². The topological polar surface area (TPSA) is 174 Å². The molecule has 19 heteroatoms. The number of aryl methyl sites for hydroxylation is 1. The van der Waals surface area contributed by atoms with Crippen LogP contribution in [0.15, 0.2) is 177 Å². The number of rotatable bonds is 17. The van der Waals surface area contributed by atoms with E-state index in [0.717, 1.165) is 48.5 Å². The molecule has 3 amide bonds. The quantitative estimate of drug-likeness (QED) is 0.0168. The minimum Gasteiger partial charge on any atom is -0.448 e. The van der Waals surface area contributed by atoms with Crippen LogP contribution < -0.4 is 10.6 Å². The van der Waals surface area contributed by atoms with Crippen LogP contribution in [0.1, 0.15) is 65.4 Å². The van der Waals surface area contributed by atoms with Crippen molar-refractivity contribution in [2.75, 3.05) is 16.2 Å². The second-order valence-corrected chi connectivity index (χ2v) is 23.0. The highest BCUT2D eigenvalue weighted by atomic mass is 32.2.